The predicted molar refractivity (Wildman–Crippen MR) is 80.2 cm³/mol. The van der Waals surface area contributed by atoms with Crippen molar-refractivity contribution in [1.82, 2.24) is 9.80 Å². The zero-order chi connectivity index (χ0) is 15.7. The van der Waals surface area contributed by atoms with Gasteiger partial charge in [0.15, 0.2) is 0 Å². The highest BCUT2D eigenvalue weighted by atomic mass is 16.2. The van der Waals surface area contributed by atoms with Crippen LogP contribution in [-0.2, 0) is 4.79 Å². The Bertz CT molecular complexity index is 594. The van der Waals surface area contributed by atoms with Gasteiger partial charge >= 0.3 is 0 Å². The van der Waals surface area contributed by atoms with Crippen molar-refractivity contribution >= 4 is 17.7 Å². The fraction of sp³-hybridized carbons (Fsp3) is 0.438. The van der Waals surface area contributed by atoms with Gasteiger partial charge in [0.2, 0.25) is 5.91 Å². The Morgan fingerprint density at radius 2 is 1.77 bits per heavy atom. The number of nitrogens with zero attached hydrogens (tertiary/aromatic N) is 2. The number of hydrogen-bond donors (Lipinski definition) is 1. The standard InChI is InChI=1S/C16H19N3O3/c17-14(20)13-7-3-8-18(13)9-4-10-19-15(21)11-5-1-2-6-12(11)16(19)22/h1-2,5-6,13H,3-4,7-10H2,(H2,17,20)/t13-/m1/s1. The number of nitrogens with two attached hydrogens (primary N) is 1. The van der Waals surface area contributed by atoms with Crippen LogP contribution in [-0.4, -0.2) is 53.2 Å². The molecule has 0 spiro atoms. The van der Waals surface area contributed by atoms with Gasteiger partial charge in [-0.1, -0.05) is 12.1 Å². The molecule has 6 heteroatoms. The molecule has 2 aliphatic heterocycles. The average Bonchev–Trinajstić information content (AvgIpc) is 3.07. The highest BCUT2D eigenvalue weighted by Crippen LogP contribution is 2.23. The number of benzene rings is 1. The molecule has 0 saturated carbocycles. The summed E-state index contributed by atoms with van der Waals surface area (Å²) >= 11 is 0. The number of likely N-dealkylation sites (tertiary alicyclic amines) is 1. The van der Waals surface area contributed by atoms with Gasteiger partial charge in [0.1, 0.15) is 0 Å². The van der Waals surface area contributed by atoms with Crippen LogP contribution in [0.4, 0.5) is 0 Å². The summed E-state index contributed by atoms with van der Waals surface area (Å²) in [5.41, 5.74) is 6.34. The summed E-state index contributed by atoms with van der Waals surface area (Å²) in [7, 11) is 0. The van der Waals surface area contributed by atoms with Gasteiger partial charge in [-0.25, -0.2) is 0 Å². The van der Waals surface area contributed by atoms with Gasteiger partial charge in [-0.05, 0) is 37.9 Å². The Morgan fingerprint density at radius 3 is 2.36 bits per heavy atom. The fourth-order valence-corrected chi connectivity index (χ4v) is 3.29. The van der Waals surface area contributed by atoms with Crippen LogP contribution in [0.25, 0.3) is 0 Å². The first kappa shape index (κ1) is 14.7. The van der Waals surface area contributed by atoms with E-state index in [9.17, 15) is 14.4 Å². The molecule has 3 rings (SSSR count). The number of carbonyl (C=O) groups is 3. The van der Waals surface area contributed by atoms with Crippen LogP contribution in [0.2, 0.25) is 0 Å². The Kier molecular flexibility index (Phi) is 3.94. The number of imide groups is 1. The van der Waals surface area contributed by atoms with E-state index in [1.54, 1.807) is 24.3 Å². The van der Waals surface area contributed by atoms with Gasteiger partial charge in [0.05, 0.1) is 17.2 Å². The predicted octanol–water partition coefficient (Wildman–Crippen LogP) is 0.622. The maximum Gasteiger partial charge on any atom is 0.261 e. The van der Waals surface area contributed by atoms with E-state index in [4.69, 9.17) is 5.73 Å². The second kappa shape index (κ2) is 5.88. The maximum absolute atomic E-state index is 12.2. The van der Waals surface area contributed by atoms with Crippen molar-refractivity contribution in [3.05, 3.63) is 35.4 Å². The molecule has 1 saturated heterocycles. The largest absolute Gasteiger partial charge is 0.368 e. The van der Waals surface area contributed by atoms with Gasteiger partial charge in [0, 0.05) is 13.1 Å². The number of hydrogen-bond acceptors (Lipinski definition) is 4. The maximum atomic E-state index is 12.2. The molecule has 3 amide bonds. The smallest absolute Gasteiger partial charge is 0.261 e. The molecule has 0 bridgehead atoms. The fourth-order valence-electron chi connectivity index (χ4n) is 3.29. The molecule has 6 nitrogen and oxygen atoms in total. The highest BCUT2D eigenvalue weighted by Gasteiger charge is 2.35. The van der Waals surface area contributed by atoms with Crippen molar-refractivity contribution in [3.8, 4) is 0 Å². The zero-order valence-corrected chi connectivity index (χ0v) is 12.3. The van der Waals surface area contributed by atoms with Gasteiger partial charge in [-0.2, -0.15) is 0 Å². The quantitative estimate of drug-likeness (QED) is 0.808. The minimum absolute atomic E-state index is 0.206. The van der Waals surface area contributed by atoms with Crippen molar-refractivity contribution < 1.29 is 14.4 Å². The summed E-state index contributed by atoms with van der Waals surface area (Å²) in [4.78, 5) is 39.1. The third-order valence-electron chi connectivity index (χ3n) is 4.40. The summed E-state index contributed by atoms with van der Waals surface area (Å²) in [6.07, 6.45) is 2.40. The first-order valence-corrected chi connectivity index (χ1v) is 7.58. The molecule has 1 aromatic rings. The van der Waals surface area contributed by atoms with Crippen LogP contribution < -0.4 is 5.73 Å². The first-order chi connectivity index (χ1) is 10.6. The molecule has 0 aliphatic carbocycles. The van der Waals surface area contributed by atoms with Crippen LogP contribution in [0, 0.1) is 0 Å². The molecule has 1 aromatic carbocycles. The van der Waals surface area contributed by atoms with E-state index in [0.29, 0.717) is 30.6 Å². The summed E-state index contributed by atoms with van der Waals surface area (Å²) in [5, 5.41) is 0. The minimum Gasteiger partial charge on any atom is -0.368 e. The third kappa shape index (κ3) is 2.50. The topological polar surface area (TPSA) is 83.7 Å². The molecule has 0 aromatic heterocycles. The summed E-state index contributed by atoms with van der Waals surface area (Å²) in [6, 6.07) is 6.67. The molecule has 2 N–H and O–H groups in total. The number of primary amides is 1. The van der Waals surface area contributed by atoms with Crippen molar-refractivity contribution in [2.24, 2.45) is 5.73 Å². The molecular formula is C16H19N3O3. The van der Waals surface area contributed by atoms with E-state index in [1.165, 1.54) is 4.90 Å². The summed E-state index contributed by atoms with van der Waals surface area (Å²) in [5.74, 6) is -0.750. The SMILES string of the molecule is NC(=O)[C@H]1CCCN1CCCN1C(=O)c2ccccc2C1=O. The number of fused-ring (bicyclic) bond motifs is 1. The first-order valence-electron chi connectivity index (χ1n) is 7.58. The van der Waals surface area contributed by atoms with Crippen LogP contribution in [0.3, 0.4) is 0 Å². The van der Waals surface area contributed by atoms with Crippen LogP contribution in [0.15, 0.2) is 24.3 Å². The van der Waals surface area contributed by atoms with E-state index in [0.717, 1.165) is 19.4 Å². The van der Waals surface area contributed by atoms with E-state index in [1.807, 2.05) is 4.90 Å². The zero-order valence-electron chi connectivity index (χ0n) is 12.3. The summed E-state index contributed by atoms with van der Waals surface area (Å²) < 4.78 is 0. The molecule has 2 aliphatic rings. The van der Waals surface area contributed by atoms with E-state index < -0.39 is 0 Å². The van der Waals surface area contributed by atoms with Crippen molar-refractivity contribution in [1.29, 1.82) is 0 Å². The molecule has 2 heterocycles. The van der Waals surface area contributed by atoms with E-state index in [2.05, 4.69) is 0 Å². The minimum atomic E-state index is -0.293. The van der Waals surface area contributed by atoms with Gasteiger partial charge in [-0.15, -0.1) is 0 Å². The lowest BCUT2D eigenvalue weighted by atomic mass is 10.1. The van der Waals surface area contributed by atoms with E-state index in [-0.39, 0.29) is 23.8 Å². The lowest BCUT2D eigenvalue weighted by molar-refractivity contribution is -0.122. The molecule has 1 fully saturated rings. The number of carbonyl (C=O) groups excluding carboxylic acids is 3. The number of rotatable bonds is 5. The Balaban J connectivity index is 1.58. The molecule has 116 valence electrons. The molecule has 0 radical (unpaired) electrons. The van der Waals surface area contributed by atoms with Crippen LogP contribution >= 0.6 is 0 Å². The average molecular weight is 301 g/mol. The van der Waals surface area contributed by atoms with Crippen molar-refractivity contribution in [2.45, 2.75) is 25.3 Å². The molecule has 1 atom stereocenters. The normalized spacial score (nSPS) is 21.5. The van der Waals surface area contributed by atoms with Crippen molar-refractivity contribution in [3.63, 3.8) is 0 Å². The lowest BCUT2D eigenvalue weighted by Gasteiger charge is -2.22. The third-order valence-corrected chi connectivity index (χ3v) is 4.40. The lowest BCUT2D eigenvalue weighted by Crippen LogP contribution is -2.41. The molecule has 22 heavy (non-hydrogen) atoms. The second-order valence-electron chi connectivity index (χ2n) is 5.76. The number of amides is 3. The van der Waals surface area contributed by atoms with E-state index >= 15 is 0 Å². The Labute approximate surface area is 128 Å². The van der Waals surface area contributed by atoms with Gasteiger partial charge in [-0.3, -0.25) is 24.2 Å². The Hall–Kier alpha value is -2.21. The summed E-state index contributed by atoms with van der Waals surface area (Å²) in [6.45, 7) is 1.88. The second-order valence-corrected chi connectivity index (χ2v) is 5.76. The highest BCUT2D eigenvalue weighted by molar-refractivity contribution is 6.21. The van der Waals surface area contributed by atoms with Gasteiger partial charge in [0.25, 0.3) is 11.8 Å². The van der Waals surface area contributed by atoms with Crippen molar-refractivity contribution in [2.75, 3.05) is 19.6 Å². The monoisotopic (exact) mass is 301 g/mol. The molecular weight excluding hydrogens is 282 g/mol. The van der Waals surface area contributed by atoms with Crippen LogP contribution in [0.5, 0.6) is 0 Å². The Morgan fingerprint density at radius 1 is 1.14 bits per heavy atom. The molecule has 0 unspecified atom stereocenters. The van der Waals surface area contributed by atoms with Crippen LogP contribution in [0.1, 0.15) is 40.0 Å². The van der Waals surface area contributed by atoms with Gasteiger partial charge < -0.3 is 5.73 Å².